The number of methoxy groups -OCH3 is 2. The first kappa shape index (κ1) is 30.3. The number of allylic oxidation sites excluding steroid dienone is 1. The predicted molar refractivity (Wildman–Crippen MR) is 177 cm³/mol. The summed E-state index contributed by atoms with van der Waals surface area (Å²) < 4.78 is 20.8. The molecule has 1 aliphatic heterocycles. The highest BCUT2D eigenvalue weighted by molar-refractivity contribution is 9.10. The van der Waals surface area contributed by atoms with Gasteiger partial charge in [-0.25, -0.2) is 14.5 Å². The minimum absolute atomic E-state index is 0.199. The van der Waals surface area contributed by atoms with Crippen LogP contribution in [0.15, 0.2) is 105 Å². The van der Waals surface area contributed by atoms with E-state index in [1.165, 1.54) is 11.3 Å². The van der Waals surface area contributed by atoms with E-state index in [0.717, 1.165) is 26.9 Å². The normalized spacial score (nSPS) is 14.6. The maximum Gasteiger partial charge on any atom is 0.338 e. The van der Waals surface area contributed by atoms with Gasteiger partial charge in [0.1, 0.15) is 17.2 Å². The minimum atomic E-state index is -0.725. The summed E-state index contributed by atoms with van der Waals surface area (Å²) in [6.07, 6.45) is 3.73. The summed E-state index contributed by atoms with van der Waals surface area (Å²) in [5, 5.41) is 4.92. The molecule has 0 radical (unpaired) electrons. The number of fused-ring (bicyclic) bond motifs is 1. The Bertz CT molecular complexity index is 2110. The highest BCUT2D eigenvalue weighted by Gasteiger charge is 2.33. The number of carbonyl (C=O) groups excluding carboxylic acids is 1. The van der Waals surface area contributed by atoms with E-state index in [1.54, 1.807) is 49.4 Å². The van der Waals surface area contributed by atoms with Crippen LogP contribution in [0, 0.1) is 0 Å². The van der Waals surface area contributed by atoms with Gasteiger partial charge in [0.25, 0.3) is 5.56 Å². The fourth-order valence-electron chi connectivity index (χ4n) is 5.28. The molecule has 0 saturated carbocycles. The van der Waals surface area contributed by atoms with Crippen LogP contribution in [0.3, 0.4) is 0 Å². The number of carbonyl (C=O) groups is 1. The molecule has 0 aliphatic carbocycles. The number of benzene rings is 3. The number of hydrogen-bond donors (Lipinski definition) is 0. The molecule has 1 unspecified atom stereocenters. The van der Waals surface area contributed by atoms with Gasteiger partial charge in [-0.3, -0.25) is 9.36 Å². The Balaban J connectivity index is 1.55. The molecule has 228 valence electrons. The number of hydrogen-bond acceptors (Lipinski definition) is 8. The minimum Gasteiger partial charge on any atom is -0.497 e. The van der Waals surface area contributed by atoms with Crippen LogP contribution in [-0.4, -0.2) is 41.1 Å². The molecule has 5 aromatic rings. The van der Waals surface area contributed by atoms with Crippen LogP contribution in [0.4, 0.5) is 0 Å². The second kappa shape index (κ2) is 12.7. The van der Waals surface area contributed by atoms with Crippen molar-refractivity contribution in [2.75, 3.05) is 20.8 Å². The van der Waals surface area contributed by atoms with Crippen molar-refractivity contribution in [2.45, 2.75) is 19.9 Å². The van der Waals surface area contributed by atoms with Gasteiger partial charge in [0, 0.05) is 17.3 Å². The zero-order valence-electron chi connectivity index (χ0n) is 25.0. The average molecular weight is 686 g/mol. The maximum absolute atomic E-state index is 14.3. The van der Waals surface area contributed by atoms with E-state index < -0.39 is 12.0 Å². The summed E-state index contributed by atoms with van der Waals surface area (Å²) in [5.74, 6) is 0.852. The van der Waals surface area contributed by atoms with E-state index in [4.69, 9.17) is 24.3 Å². The van der Waals surface area contributed by atoms with Gasteiger partial charge >= 0.3 is 5.97 Å². The molecule has 0 amide bonds. The molecule has 9 nitrogen and oxygen atoms in total. The van der Waals surface area contributed by atoms with Gasteiger partial charge in [-0.05, 0) is 83.9 Å². The molecular formula is C34H29BrN4O5S. The van der Waals surface area contributed by atoms with Crippen molar-refractivity contribution in [3.8, 4) is 28.4 Å². The Morgan fingerprint density at radius 3 is 2.47 bits per heavy atom. The van der Waals surface area contributed by atoms with Crippen molar-refractivity contribution >= 4 is 39.3 Å². The summed E-state index contributed by atoms with van der Waals surface area (Å²) in [6.45, 7) is 3.72. The van der Waals surface area contributed by atoms with Crippen LogP contribution in [0.2, 0.25) is 0 Å². The number of rotatable bonds is 8. The van der Waals surface area contributed by atoms with Gasteiger partial charge in [0.15, 0.2) is 4.80 Å². The van der Waals surface area contributed by atoms with E-state index in [2.05, 4.69) is 15.9 Å². The Kier molecular flexibility index (Phi) is 8.55. The number of ether oxygens (including phenoxy) is 3. The predicted octanol–water partition coefficient (Wildman–Crippen LogP) is 5.43. The van der Waals surface area contributed by atoms with Crippen molar-refractivity contribution in [1.29, 1.82) is 0 Å². The van der Waals surface area contributed by atoms with Crippen molar-refractivity contribution < 1.29 is 19.0 Å². The molecule has 0 fully saturated rings. The van der Waals surface area contributed by atoms with E-state index >= 15 is 0 Å². The second-order valence-electron chi connectivity index (χ2n) is 10.1. The van der Waals surface area contributed by atoms with Gasteiger partial charge < -0.3 is 14.2 Å². The second-order valence-corrected chi connectivity index (χ2v) is 12.0. The fourth-order valence-corrected chi connectivity index (χ4v) is 6.86. The van der Waals surface area contributed by atoms with Crippen LogP contribution < -0.4 is 24.4 Å². The number of halogens is 1. The number of esters is 1. The zero-order chi connectivity index (χ0) is 31.7. The summed E-state index contributed by atoms with van der Waals surface area (Å²) in [4.78, 5) is 32.7. The number of nitrogens with zero attached hydrogens (tertiary/aromatic N) is 4. The fraction of sp³-hybridized carbons (Fsp3) is 0.176. The summed E-state index contributed by atoms with van der Waals surface area (Å²) >= 11 is 4.85. The van der Waals surface area contributed by atoms with Crippen molar-refractivity contribution in [3.63, 3.8) is 0 Å². The third-order valence-corrected chi connectivity index (χ3v) is 9.03. The van der Waals surface area contributed by atoms with Crippen LogP contribution in [0.5, 0.6) is 11.5 Å². The third-order valence-electron chi connectivity index (χ3n) is 7.42. The molecule has 0 saturated heterocycles. The number of para-hydroxylation sites is 1. The first-order valence-electron chi connectivity index (χ1n) is 14.2. The number of aromatic nitrogens is 3. The van der Waals surface area contributed by atoms with Gasteiger partial charge in [-0.1, -0.05) is 41.7 Å². The summed E-state index contributed by atoms with van der Waals surface area (Å²) in [6, 6.07) is 22.1. The Hall–Kier alpha value is -4.74. The zero-order valence-corrected chi connectivity index (χ0v) is 27.4. The molecule has 11 heteroatoms. The molecule has 6 rings (SSSR count). The lowest BCUT2D eigenvalue weighted by Crippen LogP contribution is -2.39. The highest BCUT2D eigenvalue weighted by Crippen LogP contribution is 2.33. The SMILES string of the molecule is CCOC(=O)C1=C(C)N=c2sc(=Cc3cn(-c4ccccc4)nc3-c3ccc(OC)c(Br)c3)c(=O)n2C1c1ccc(OC)cc1. The third kappa shape index (κ3) is 5.76. The molecule has 0 bridgehead atoms. The molecule has 1 aliphatic rings. The van der Waals surface area contributed by atoms with Crippen molar-refractivity contribution in [3.05, 3.63) is 126 Å². The summed E-state index contributed by atoms with van der Waals surface area (Å²) in [7, 11) is 3.20. The lowest BCUT2D eigenvalue weighted by Gasteiger charge is -2.24. The first-order chi connectivity index (χ1) is 21.8. The highest BCUT2D eigenvalue weighted by atomic mass is 79.9. The largest absolute Gasteiger partial charge is 0.497 e. The quantitative estimate of drug-likeness (QED) is 0.202. The van der Waals surface area contributed by atoms with E-state index in [9.17, 15) is 9.59 Å². The van der Waals surface area contributed by atoms with Gasteiger partial charge in [-0.15, -0.1) is 0 Å². The molecule has 1 atom stereocenters. The van der Waals surface area contributed by atoms with E-state index in [0.29, 0.717) is 37.8 Å². The lowest BCUT2D eigenvalue weighted by molar-refractivity contribution is -0.139. The van der Waals surface area contributed by atoms with Crippen molar-refractivity contribution in [2.24, 2.45) is 4.99 Å². The van der Waals surface area contributed by atoms with Gasteiger partial charge in [0.2, 0.25) is 0 Å². The Labute approximate surface area is 271 Å². The average Bonchev–Trinajstić information content (AvgIpc) is 3.61. The molecule has 0 N–H and O–H groups in total. The maximum atomic E-state index is 14.3. The van der Waals surface area contributed by atoms with Crippen molar-refractivity contribution in [1.82, 2.24) is 14.3 Å². The smallest absolute Gasteiger partial charge is 0.338 e. The summed E-state index contributed by atoms with van der Waals surface area (Å²) in [5.41, 5.74) is 4.43. The molecule has 0 spiro atoms. The van der Waals surface area contributed by atoms with Crippen LogP contribution in [-0.2, 0) is 9.53 Å². The van der Waals surface area contributed by atoms with Crippen LogP contribution in [0.1, 0.15) is 31.0 Å². The van der Waals surface area contributed by atoms with Gasteiger partial charge in [0.05, 0.1) is 52.8 Å². The molecule has 3 heterocycles. The topological polar surface area (TPSA) is 96.9 Å². The van der Waals surface area contributed by atoms with E-state index in [-0.39, 0.29) is 12.2 Å². The number of thiazole rings is 1. The van der Waals surface area contributed by atoms with Crippen LogP contribution in [0.25, 0.3) is 23.0 Å². The Morgan fingerprint density at radius 1 is 1.04 bits per heavy atom. The standard InChI is InChI=1S/C34H29BrN4O5S/c1-5-44-33(41)29-20(2)36-34-39(31(29)21-11-14-25(42-3)15-12-21)32(40)28(45-34)18-23-19-38(24-9-7-6-8-10-24)37-30(23)22-13-16-27(43-4)26(35)17-22/h6-19,31H,5H2,1-4H3. The van der Waals surface area contributed by atoms with Crippen LogP contribution >= 0.6 is 27.3 Å². The lowest BCUT2D eigenvalue weighted by atomic mass is 9.96. The first-order valence-corrected chi connectivity index (χ1v) is 15.8. The monoisotopic (exact) mass is 684 g/mol. The van der Waals surface area contributed by atoms with E-state index in [1.807, 2.05) is 72.9 Å². The molecule has 3 aromatic carbocycles. The molecule has 45 heavy (non-hydrogen) atoms. The Morgan fingerprint density at radius 2 is 1.80 bits per heavy atom. The van der Waals surface area contributed by atoms with Gasteiger partial charge in [-0.2, -0.15) is 5.10 Å². The molecular weight excluding hydrogens is 656 g/mol. The molecule has 2 aromatic heterocycles.